The number of carbonyl (C=O) groups excluding carboxylic acids is 1. The Balaban J connectivity index is 1.65. The van der Waals surface area contributed by atoms with Crippen molar-refractivity contribution in [1.82, 2.24) is 5.32 Å². The van der Waals surface area contributed by atoms with Crippen molar-refractivity contribution in [2.45, 2.75) is 17.6 Å². The number of carbonyl (C=O) groups is 1. The van der Waals surface area contributed by atoms with Crippen molar-refractivity contribution in [2.24, 2.45) is 0 Å². The molecule has 11 heteroatoms. The van der Waals surface area contributed by atoms with Crippen LogP contribution in [0.15, 0.2) is 71.6 Å². The summed E-state index contributed by atoms with van der Waals surface area (Å²) in [5.41, 5.74) is 1.11. The van der Waals surface area contributed by atoms with Gasteiger partial charge in [0.2, 0.25) is 5.91 Å². The van der Waals surface area contributed by atoms with Crippen molar-refractivity contribution < 1.29 is 22.3 Å². The fraction of sp³-hybridized carbons (Fsp3) is 0.240. The van der Waals surface area contributed by atoms with E-state index in [4.69, 9.17) is 27.9 Å². The Morgan fingerprint density at radius 2 is 1.75 bits per heavy atom. The summed E-state index contributed by atoms with van der Waals surface area (Å²) >= 11 is 13.7. The van der Waals surface area contributed by atoms with Gasteiger partial charge in [0, 0.05) is 28.1 Å². The minimum absolute atomic E-state index is 0.0153. The van der Waals surface area contributed by atoms with Gasteiger partial charge < -0.3 is 10.1 Å². The number of amides is 1. The number of hydrogen-bond acceptors (Lipinski definition) is 5. The molecule has 0 saturated carbocycles. The molecule has 0 spiro atoms. The van der Waals surface area contributed by atoms with E-state index in [1.54, 1.807) is 36.0 Å². The maximum absolute atomic E-state index is 13.5. The van der Waals surface area contributed by atoms with E-state index in [0.29, 0.717) is 40.5 Å². The molecular weight excluding hydrogens is 546 g/mol. The number of nitrogens with zero attached hydrogens (tertiary/aromatic N) is 1. The number of benzene rings is 3. The summed E-state index contributed by atoms with van der Waals surface area (Å²) in [5, 5.41) is 3.88. The van der Waals surface area contributed by atoms with Gasteiger partial charge in [0.15, 0.2) is 0 Å². The Morgan fingerprint density at radius 1 is 1.06 bits per heavy atom. The predicted molar refractivity (Wildman–Crippen MR) is 144 cm³/mol. The molecule has 0 heterocycles. The number of hydrogen-bond donors (Lipinski definition) is 1. The van der Waals surface area contributed by atoms with Gasteiger partial charge in [-0.25, -0.2) is 12.8 Å². The normalized spacial score (nSPS) is 11.2. The van der Waals surface area contributed by atoms with Crippen LogP contribution in [0.2, 0.25) is 10.0 Å². The predicted octanol–water partition coefficient (Wildman–Crippen LogP) is 5.78. The molecule has 6 nitrogen and oxygen atoms in total. The first-order valence-corrected chi connectivity index (χ1v) is 14.4. The third-order valence-electron chi connectivity index (χ3n) is 4.97. The summed E-state index contributed by atoms with van der Waals surface area (Å²) in [6.45, 7) is 2.13. The smallest absolute Gasteiger partial charge is 0.264 e. The third kappa shape index (κ3) is 7.77. The van der Waals surface area contributed by atoms with Crippen molar-refractivity contribution in [3.8, 4) is 5.75 Å². The Kier molecular flexibility index (Phi) is 10.3. The van der Waals surface area contributed by atoms with Crippen LogP contribution in [0.25, 0.3) is 0 Å². The molecule has 3 rings (SSSR count). The highest BCUT2D eigenvalue weighted by atomic mass is 35.5. The maximum Gasteiger partial charge on any atom is 0.264 e. The topological polar surface area (TPSA) is 75.7 Å². The Morgan fingerprint density at radius 3 is 2.39 bits per heavy atom. The third-order valence-corrected chi connectivity index (χ3v) is 8.35. The molecule has 0 aliphatic carbocycles. The van der Waals surface area contributed by atoms with Crippen molar-refractivity contribution >= 4 is 56.6 Å². The van der Waals surface area contributed by atoms with Gasteiger partial charge >= 0.3 is 0 Å². The molecule has 1 amide bonds. The van der Waals surface area contributed by atoms with Gasteiger partial charge in [0.05, 0.1) is 17.2 Å². The molecule has 0 saturated heterocycles. The lowest BCUT2D eigenvalue weighted by atomic mass is 10.2. The molecule has 192 valence electrons. The number of thioether (sulfide) groups is 1. The number of rotatable bonds is 12. The lowest BCUT2D eigenvalue weighted by Gasteiger charge is -2.24. The summed E-state index contributed by atoms with van der Waals surface area (Å²) in [5.74, 6) is 0.755. The van der Waals surface area contributed by atoms with Gasteiger partial charge in [-0.05, 0) is 73.2 Å². The second-order valence-corrected chi connectivity index (χ2v) is 11.3. The number of anilines is 1. The highest BCUT2D eigenvalue weighted by Gasteiger charge is 2.27. The highest BCUT2D eigenvalue weighted by molar-refractivity contribution is 7.98. The fourth-order valence-electron chi connectivity index (χ4n) is 3.19. The summed E-state index contributed by atoms with van der Waals surface area (Å²) in [6.07, 6.45) is 0. The fourth-order valence-corrected chi connectivity index (χ4v) is 6.03. The van der Waals surface area contributed by atoms with Gasteiger partial charge in [-0.1, -0.05) is 29.3 Å². The molecule has 36 heavy (non-hydrogen) atoms. The van der Waals surface area contributed by atoms with E-state index in [0.717, 1.165) is 22.0 Å². The average Bonchev–Trinajstić information content (AvgIpc) is 2.85. The standard InChI is InChI=1S/C25H25Cl2FN2O4S2/c1-2-34-22-9-11-23(12-10-22)36(32,33)30(21-7-5-20(28)6-8-21)16-25(31)29-13-14-35-17-18-3-4-19(26)15-24(18)27/h3-12,15H,2,13-14,16-17H2,1H3,(H,29,31). The first-order chi connectivity index (χ1) is 17.2. The first kappa shape index (κ1) is 28.1. The Bertz CT molecular complexity index is 1270. The number of halogens is 3. The van der Waals surface area contributed by atoms with E-state index in [1.807, 2.05) is 13.0 Å². The zero-order valence-corrected chi connectivity index (χ0v) is 22.6. The Labute approximate surface area is 224 Å². The van der Waals surface area contributed by atoms with Crippen LogP contribution in [0.3, 0.4) is 0 Å². The molecule has 0 bridgehead atoms. The van der Waals surface area contributed by atoms with Crippen LogP contribution in [0.1, 0.15) is 12.5 Å². The lowest BCUT2D eigenvalue weighted by molar-refractivity contribution is -0.119. The van der Waals surface area contributed by atoms with Gasteiger partial charge in [-0.3, -0.25) is 9.10 Å². The van der Waals surface area contributed by atoms with Crippen LogP contribution < -0.4 is 14.4 Å². The van der Waals surface area contributed by atoms with E-state index < -0.39 is 28.3 Å². The van der Waals surface area contributed by atoms with E-state index >= 15 is 0 Å². The molecular formula is C25H25Cl2FN2O4S2. The van der Waals surface area contributed by atoms with Gasteiger partial charge in [0.1, 0.15) is 18.1 Å². The summed E-state index contributed by atoms with van der Waals surface area (Å²) in [4.78, 5) is 12.7. The van der Waals surface area contributed by atoms with Crippen LogP contribution in [0, 0.1) is 5.82 Å². The molecule has 0 aliphatic heterocycles. The molecule has 1 N–H and O–H groups in total. The van der Waals surface area contributed by atoms with E-state index in [2.05, 4.69) is 5.32 Å². The number of ether oxygens (including phenoxy) is 1. The van der Waals surface area contributed by atoms with E-state index in [-0.39, 0.29) is 10.6 Å². The van der Waals surface area contributed by atoms with Crippen LogP contribution in [0.5, 0.6) is 5.75 Å². The van der Waals surface area contributed by atoms with Crippen molar-refractivity contribution in [1.29, 1.82) is 0 Å². The summed E-state index contributed by atoms with van der Waals surface area (Å²) in [7, 11) is -4.11. The molecule has 3 aromatic carbocycles. The minimum Gasteiger partial charge on any atom is -0.494 e. The Hall–Kier alpha value is -2.46. The molecule has 0 aliphatic rings. The monoisotopic (exact) mass is 570 g/mol. The second kappa shape index (κ2) is 13.2. The maximum atomic E-state index is 13.5. The zero-order valence-electron chi connectivity index (χ0n) is 19.4. The van der Waals surface area contributed by atoms with Crippen LogP contribution in [0.4, 0.5) is 10.1 Å². The molecule has 0 unspecified atom stereocenters. The number of sulfonamides is 1. The van der Waals surface area contributed by atoms with Gasteiger partial charge in [0.25, 0.3) is 10.0 Å². The number of nitrogens with one attached hydrogen (secondary N) is 1. The van der Waals surface area contributed by atoms with Crippen LogP contribution in [-0.2, 0) is 20.6 Å². The quantitative estimate of drug-likeness (QED) is 0.279. The zero-order chi connectivity index (χ0) is 26.1. The first-order valence-electron chi connectivity index (χ1n) is 11.0. The molecule has 0 fully saturated rings. The lowest BCUT2D eigenvalue weighted by Crippen LogP contribution is -2.41. The average molecular weight is 572 g/mol. The molecule has 3 aromatic rings. The second-order valence-electron chi connectivity index (χ2n) is 7.53. The van der Waals surface area contributed by atoms with Crippen LogP contribution >= 0.6 is 35.0 Å². The van der Waals surface area contributed by atoms with E-state index in [1.165, 1.54) is 24.3 Å². The molecule has 0 radical (unpaired) electrons. The summed E-state index contributed by atoms with van der Waals surface area (Å²) < 4.78 is 46.6. The summed E-state index contributed by atoms with van der Waals surface area (Å²) in [6, 6.07) is 16.1. The largest absolute Gasteiger partial charge is 0.494 e. The van der Waals surface area contributed by atoms with Crippen molar-refractivity contribution in [2.75, 3.05) is 29.8 Å². The van der Waals surface area contributed by atoms with Crippen molar-refractivity contribution in [3.63, 3.8) is 0 Å². The van der Waals surface area contributed by atoms with Crippen molar-refractivity contribution in [3.05, 3.63) is 88.2 Å². The SMILES string of the molecule is CCOc1ccc(S(=O)(=O)N(CC(=O)NCCSCc2ccc(Cl)cc2Cl)c2ccc(F)cc2)cc1. The minimum atomic E-state index is -4.11. The highest BCUT2D eigenvalue weighted by Crippen LogP contribution is 2.26. The molecule has 0 atom stereocenters. The molecule has 0 aromatic heterocycles. The van der Waals surface area contributed by atoms with Gasteiger partial charge in [-0.15, -0.1) is 0 Å². The van der Waals surface area contributed by atoms with Crippen LogP contribution in [-0.4, -0.2) is 39.8 Å². The van der Waals surface area contributed by atoms with E-state index in [9.17, 15) is 17.6 Å². The van der Waals surface area contributed by atoms with Gasteiger partial charge in [-0.2, -0.15) is 11.8 Å².